The zero-order valence-corrected chi connectivity index (χ0v) is 14.2. The van der Waals surface area contributed by atoms with Crippen LogP contribution >= 0.6 is 0 Å². The minimum absolute atomic E-state index is 0.0335. The van der Waals surface area contributed by atoms with Gasteiger partial charge in [0.15, 0.2) is 0 Å². The van der Waals surface area contributed by atoms with Crippen molar-refractivity contribution in [2.75, 3.05) is 26.2 Å². The number of benzene rings is 1. The molecule has 3 heterocycles. The predicted octanol–water partition coefficient (Wildman–Crippen LogP) is 2.49. The number of aryl methyl sites for hydroxylation is 1. The summed E-state index contributed by atoms with van der Waals surface area (Å²) < 4.78 is 5.00. The molecule has 0 saturated carbocycles. The first-order chi connectivity index (χ1) is 12.2. The Kier molecular flexibility index (Phi) is 4.19. The highest BCUT2D eigenvalue weighted by Crippen LogP contribution is 2.16. The van der Waals surface area contributed by atoms with Gasteiger partial charge in [0, 0.05) is 37.3 Å². The van der Waals surface area contributed by atoms with Crippen LogP contribution in [0, 0.1) is 6.92 Å². The van der Waals surface area contributed by atoms with E-state index in [1.54, 1.807) is 6.07 Å². The number of nitrogens with zero attached hydrogens (tertiary/aromatic N) is 4. The van der Waals surface area contributed by atoms with E-state index in [1.165, 1.54) is 12.5 Å². The van der Waals surface area contributed by atoms with Crippen LogP contribution in [0.15, 0.2) is 47.3 Å². The fraction of sp³-hybridized carbons (Fsp3) is 0.316. The van der Waals surface area contributed by atoms with Gasteiger partial charge in [-0.3, -0.25) is 9.69 Å². The highest BCUT2D eigenvalue weighted by atomic mass is 16.3. The first-order valence-electron chi connectivity index (χ1n) is 8.47. The van der Waals surface area contributed by atoms with Gasteiger partial charge in [0.25, 0.3) is 5.91 Å². The van der Waals surface area contributed by atoms with Crippen LogP contribution in [0.5, 0.6) is 0 Å². The van der Waals surface area contributed by atoms with E-state index in [0.29, 0.717) is 25.2 Å². The average molecular weight is 336 g/mol. The molecule has 1 amide bonds. The van der Waals surface area contributed by atoms with Gasteiger partial charge in [-0.15, -0.1) is 0 Å². The standard InChI is InChI=1S/C19H20N4O2/c1-14-16-4-2-3-5-17(16)21-18(20-14)12-22-7-9-23(10-8-22)19(24)15-6-11-25-13-15/h2-6,11,13H,7-10,12H2,1H3. The summed E-state index contributed by atoms with van der Waals surface area (Å²) >= 11 is 0. The molecule has 25 heavy (non-hydrogen) atoms. The van der Waals surface area contributed by atoms with Crippen LogP contribution < -0.4 is 0 Å². The number of rotatable bonds is 3. The van der Waals surface area contributed by atoms with Crippen LogP contribution in [0.1, 0.15) is 21.9 Å². The molecule has 128 valence electrons. The van der Waals surface area contributed by atoms with Gasteiger partial charge in [-0.25, -0.2) is 9.97 Å². The summed E-state index contributed by atoms with van der Waals surface area (Å²) in [5.41, 5.74) is 2.61. The van der Waals surface area contributed by atoms with Crippen molar-refractivity contribution in [3.8, 4) is 0 Å². The topological polar surface area (TPSA) is 62.5 Å². The van der Waals surface area contributed by atoms with E-state index in [2.05, 4.69) is 20.9 Å². The monoisotopic (exact) mass is 336 g/mol. The van der Waals surface area contributed by atoms with E-state index in [1.807, 2.05) is 30.0 Å². The molecule has 0 bridgehead atoms. The molecule has 1 fully saturated rings. The van der Waals surface area contributed by atoms with Crippen LogP contribution in [0.4, 0.5) is 0 Å². The smallest absolute Gasteiger partial charge is 0.257 e. The van der Waals surface area contributed by atoms with Crippen molar-refractivity contribution in [2.45, 2.75) is 13.5 Å². The first kappa shape index (κ1) is 15.8. The van der Waals surface area contributed by atoms with Crippen LogP contribution in [0.3, 0.4) is 0 Å². The molecule has 1 aliphatic rings. The van der Waals surface area contributed by atoms with Gasteiger partial charge in [-0.05, 0) is 19.1 Å². The van der Waals surface area contributed by atoms with Gasteiger partial charge in [0.1, 0.15) is 12.1 Å². The van der Waals surface area contributed by atoms with Crippen molar-refractivity contribution in [1.82, 2.24) is 19.8 Å². The van der Waals surface area contributed by atoms with E-state index in [-0.39, 0.29) is 5.91 Å². The summed E-state index contributed by atoms with van der Waals surface area (Å²) in [4.78, 5) is 25.8. The zero-order valence-electron chi connectivity index (χ0n) is 14.2. The summed E-state index contributed by atoms with van der Waals surface area (Å²) in [6.45, 7) is 5.78. The number of hydrogen-bond donors (Lipinski definition) is 0. The normalized spacial score (nSPS) is 15.6. The molecular weight excluding hydrogens is 316 g/mol. The second-order valence-electron chi connectivity index (χ2n) is 6.32. The third-order valence-electron chi connectivity index (χ3n) is 4.63. The molecule has 0 radical (unpaired) electrons. The summed E-state index contributed by atoms with van der Waals surface area (Å²) in [6.07, 6.45) is 3.03. The minimum Gasteiger partial charge on any atom is -0.472 e. The predicted molar refractivity (Wildman–Crippen MR) is 94.2 cm³/mol. The van der Waals surface area contributed by atoms with Crippen LogP contribution in [0.2, 0.25) is 0 Å². The van der Waals surface area contributed by atoms with Crippen molar-refractivity contribution in [1.29, 1.82) is 0 Å². The molecule has 0 atom stereocenters. The molecule has 6 nitrogen and oxygen atoms in total. The molecule has 0 unspecified atom stereocenters. The summed E-state index contributed by atoms with van der Waals surface area (Å²) in [6, 6.07) is 9.79. The largest absolute Gasteiger partial charge is 0.472 e. The SMILES string of the molecule is Cc1nc(CN2CCN(C(=O)c3ccoc3)CC2)nc2ccccc12. The quantitative estimate of drug-likeness (QED) is 0.735. The molecule has 0 N–H and O–H groups in total. The molecule has 6 heteroatoms. The third kappa shape index (κ3) is 3.25. The molecule has 1 aromatic carbocycles. The van der Waals surface area contributed by atoms with Crippen LogP contribution in [-0.2, 0) is 6.54 Å². The van der Waals surface area contributed by atoms with Gasteiger partial charge in [0.2, 0.25) is 0 Å². The zero-order chi connectivity index (χ0) is 17.2. The molecule has 4 rings (SSSR count). The molecule has 1 saturated heterocycles. The summed E-state index contributed by atoms with van der Waals surface area (Å²) in [5.74, 6) is 0.872. The van der Waals surface area contributed by atoms with E-state index in [9.17, 15) is 4.79 Å². The molecule has 0 aliphatic carbocycles. The lowest BCUT2D eigenvalue weighted by Gasteiger charge is -2.34. The Hall–Kier alpha value is -2.73. The minimum atomic E-state index is 0.0335. The Morgan fingerprint density at radius 1 is 1.12 bits per heavy atom. The maximum Gasteiger partial charge on any atom is 0.257 e. The Bertz CT molecular complexity index is 884. The maximum absolute atomic E-state index is 12.3. The fourth-order valence-corrected chi connectivity index (χ4v) is 3.24. The number of aromatic nitrogens is 2. The Balaban J connectivity index is 1.41. The second kappa shape index (κ2) is 6.64. The number of para-hydroxylation sites is 1. The number of carbonyl (C=O) groups excluding carboxylic acids is 1. The average Bonchev–Trinajstić information content (AvgIpc) is 3.16. The highest BCUT2D eigenvalue weighted by Gasteiger charge is 2.23. The van der Waals surface area contributed by atoms with Crippen LogP contribution in [0.25, 0.3) is 10.9 Å². The Morgan fingerprint density at radius 2 is 1.92 bits per heavy atom. The molecular formula is C19H20N4O2. The number of carbonyl (C=O) groups is 1. The molecule has 3 aromatic rings. The second-order valence-corrected chi connectivity index (χ2v) is 6.32. The molecule has 2 aromatic heterocycles. The van der Waals surface area contributed by atoms with Crippen molar-refractivity contribution >= 4 is 16.8 Å². The molecule has 1 aliphatic heterocycles. The Morgan fingerprint density at radius 3 is 2.68 bits per heavy atom. The maximum atomic E-state index is 12.3. The first-order valence-corrected chi connectivity index (χ1v) is 8.47. The van der Waals surface area contributed by atoms with E-state index < -0.39 is 0 Å². The number of hydrogen-bond acceptors (Lipinski definition) is 5. The lowest BCUT2D eigenvalue weighted by molar-refractivity contribution is 0.0625. The van der Waals surface area contributed by atoms with E-state index in [4.69, 9.17) is 4.42 Å². The number of furan rings is 1. The van der Waals surface area contributed by atoms with Gasteiger partial charge in [-0.1, -0.05) is 18.2 Å². The van der Waals surface area contributed by atoms with Crippen molar-refractivity contribution in [2.24, 2.45) is 0 Å². The third-order valence-corrected chi connectivity index (χ3v) is 4.63. The van der Waals surface area contributed by atoms with Crippen molar-refractivity contribution in [3.05, 3.63) is 59.9 Å². The van der Waals surface area contributed by atoms with Crippen molar-refractivity contribution < 1.29 is 9.21 Å². The van der Waals surface area contributed by atoms with Gasteiger partial charge in [-0.2, -0.15) is 0 Å². The van der Waals surface area contributed by atoms with Gasteiger partial charge in [0.05, 0.1) is 23.9 Å². The number of fused-ring (bicyclic) bond motifs is 1. The van der Waals surface area contributed by atoms with Crippen molar-refractivity contribution in [3.63, 3.8) is 0 Å². The van der Waals surface area contributed by atoms with Crippen LogP contribution in [-0.4, -0.2) is 51.9 Å². The lowest BCUT2D eigenvalue weighted by Crippen LogP contribution is -2.48. The highest BCUT2D eigenvalue weighted by molar-refractivity contribution is 5.93. The van der Waals surface area contributed by atoms with Gasteiger partial charge >= 0.3 is 0 Å². The van der Waals surface area contributed by atoms with E-state index >= 15 is 0 Å². The fourth-order valence-electron chi connectivity index (χ4n) is 3.24. The Labute approximate surface area is 146 Å². The summed E-state index contributed by atoms with van der Waals surface area (Å²) in [7, 11) is 0. The molecule has 0 spiro atoms. The summed E-state index contributed by atoms with van der Waals surface area (Å²) in [5, 5.41) is 1.10. The lowest BCUT2D eigenvalue weighted by atomic mass is 10.2. The van der Waals surface area contributed by atoms with Gasteiger partial charge < -0.3 is 9.32 Å². The van der Waals surface area contributed by atoms with E-state index in [0.717, 1.165) is 35.5 Å². The number of piperazine rings is 1. The number of amides is 1.